The summed E-state index contributed by atoms with van der Waals surface area (Å²) < 4.78 is 5.70. The highest BCUT2D eigenvalue weighted by Gasteiger charge is 2.35. The van der Waals surface area contributed by atoms with Crippen molar-refractivity contribution in [1.82, 2.24) is 5.32 Å². The smallest absolute Gasteiger partial charge is 0.0615 e. The molecule has 1 heterocycles. The summed E-state index contributed by atoms with van der Waals surface area (Å²) in [6, 6.07) is 0. The summed E-state index contributed by atoms with van der Waals surface area (Å²) in [5, 5.41) is 13.0. The first kappa shape index (κ1) is 12.9. The van der Waals surface area contributed by atoms with Gasteiger partial charge >= 0.3 is 0 Å². The Morgan fingerprint density at radius 2 is 2.20 bits per heavy atom. The van der Waals surface area contributed by atoms with Gasteiger partial charge in [0.05, 0.1) is 12.7 Å². The van der Waals surface area contributed by atoms with Crippen LogP contribution in [0.5, 0.6) is 0 Å². The predicted octanol–water partition coefficient (Wildman–Crippen LogP) is 1.70. The normalized spacial score (nSPS) is 31.8. The number of hydrogen-bond acceptors (Lipinski definition) is 3. The van der Waals surface area contributed by atoms with Gasteiger partial charge in [-0.15, -0.1) is 0 Å². The van der Waals surface area contributed by atoms with Gasteiger partial charge in [0.25, 0.3) is 0 Å². The number of rotatable bonds is 6. The third-order valence-electron chi connectivity index (χ3n) is 3.22. The van der Waals surface area contributed by atoms with Crippen LogP contribution in [0.2, 0.25) is 0 Å². The van der Waals surface area contributed by atoms with Crippen molar-refractivity contribution in [3.8, 4) is 0 Å². The van der Waals surface area contributed by atoms with Crippen molar-refractivity contribution in [3.05, 3.63) is 0 Å². The number of hydrogen-bond donors (Lipinski definition) is 2. The highest BCUT2D eigenvalue weighted by molar-refractivity contribution is 4.92. The van der Waals surface area contributed by atoms with E-state index in [4.69, 9.17) is 4.74 Å². The molecule has 0 spiro atoms. The van der Waals surface area contributed by atoms with Crippen LogP contribution in [0.4, 0.5) is 0 Å². The van der Waals surface area contributed by atoms with Crippen molar-refractivity contribution in [2.45, 2.75) is 57.6 Å². The van der Waals surface area contributed by atoms with E-state index in [0.717, 1.165) is 45.3 Å². The minimum atomic E-state index is -0.0753. The monoisotopic (exact) mass is 215 g/mol. The SMILES string of the molecule is CCCNC1(CO)CCOC(CCC)C1. The molecule has 0 aromatic heterocycles. The van der Waals surface area contributed by atoms with E-state index in [1.807, 2.05) is 0 Å². The summed E-state index contributed by atoms with van der Waals surface area (Å²) >= 11 is 0. The van der Waals surface area contributed by atoms with Crippen molar-refractivity contribution >= 4 is 0 Å². The summed E-state index contributed by atoms with van der Waals surface area (Å²) in [5.74, 6) is 0. The molecule has 0 amide bonds. The fourth-order valence-corrected chi connectivity index (χ4v) is 2.28. The van der Waals surface area contributed by atoms with Gasteiger partial charge in [-0.3, -0.25) is 0 Å². The molecule has 2 N–H and O–H groups in total. The van der Waals surface area contributed by atoms with Crippen LogP contribution in [-0.4, -0.2) is 36.5 Å². The van der Waals surface area contributed by atoms with E-state index in [-0.39, 0.29) is 12.1 Å². The molecule has 2 unspecified atom stereocenters. The van der Waals surface area contributed by atoms with E-state index >= 15 is 0 Å². The second-order valence-corrected chi connectivity index (χ2v) is 4.60. The summed E-state index contributed by atoms with van der Waals surface area (Å²) in [7, 11) is 0. The molecule has 0 aliphatic carbocycles. The zero-order valence-electron chi connectivity index (χ0n) is 10.1. The third-order valence-corrected chi connectivity index (χ3v) is 3.22. The summed E-state index contributed by atoms with van der Waals surface area (Å²) in [4.78, 5) is 0. The lowest BCUT2D eigenvalue weighted by molar-refractivity contribution is -0.0480. The molecule has 0 radical (unpaired) electrons. The lowest BCUT2D eigenvalue weighted by Crippen LogP contribution is -2.54. The fraction of sp³-hybridized carbons (Fsp3) is 1.00. The molecule has 1 saturated heterocycles. The first-order valence-electron chi connectivity index (χ1n) is 6.24. The van der Waals surface area contributed by atoms with Crippen LogP contribution in [-0.2, 0) is 4.74 Å². The fourth-order valence-electron chi connectivity index (χ4n) is 2.28. The van der Waals surface area contributed by atoms with Crippen molar-refractivity contribution in [2.75, 3.05) is 19.8 Å². The molecule has 0 bridgehead atoms. The van der Waals surface area contributed by atoms with Crippen LogP contribution in [0.15, 0.2) is 0 Å². The zero-order valence-corrected chi connectivity index (χ0v) is 10.1. The maximum absolute atomic E-state index is 9.54. The molecule has 3 nitrogen and oxygen atoms in total. The molecule has 0 aromatic carbocycles. The number of nitrogens with one attached hydrogen (secondary N) is 1. The topological polar surface area (TPSA) is 41.5 Å². The van der Waals surface area contributed by atoms with E-state index in [2.05, 4.69) is 19.2 Å². The van der Waals surface area contributed by atoms with Crippen LogP contribution in [0.1, 0.15) is 46.0 Å². The quantitative estimate of drug-likeness (QED) is 0.708. The van der Waals surface area contributed by atoms with Crippen LogP contribution < -0.4 is 5.32 Å². The molecule has 3 heteroatoms. The summed E-state index contributed by atoms with van der Waals surface area (Å²) in [6.07, 6.45) is 5.60. The Labute approximate surface area is 93.2 Å². The average Bonchev–Trinajstić information content (AvgIpc) is 2.27. The molecular weight excluding hydrogens is 190 g/mol. The third kappa shape index (κ3) is 3.74. The van der Waals surface area contributed by atoms with E-state index in [9.17, 15) is 5.11 Å². The molecular formula is C12H25NO2. The van der Waals surface area contributed by atoms with Crippen molar-refractivity contribution < 1.29 is 9.84 Å². The molecule has 1 aliphatic rings. The Bertz CT molecular complexity index is 173. The van der Waals surface area contributed by atoms with E-state index < -0.39 is 0 Å². The predicted molar refractivity (Wildman–Crippen MR) is 62.0 cm³/mol. The minimum Gasteiger partial charge on any atom is -0.394 e. The maximum atomic E-state index is 9.54. The van der Waals surface area contributed by atoms with Crippen LogP contribution in [0.25, 0.3) is 0 Å². The molecule has 0 saturated carbocycles. The van der Waals surface area contributed by atoms with Gasteiger partial charge in [-0.1, -0.05) is 20.3 Å². The van der Waals surface area contributed by atoms with Crippen molar-refractivity contribution in [2.24, 2.45) is 0 Å². The Hall–Kier alpha value is -0.120. The Balaban J connectivity index is 2.47. The van der Waals surface area contributed by atoms with Gasteiger partial charge in [0.15, 0.2) is 0 Å². The largest absolute Gasteiger partial charge is 0.394 e. The van der Waals surface area contributed by atoms with Crippen molar-refractivity contribution in [1.29, 1.82) is 0 Å². The van der Waals surface area contributed by atoms with Gasteiger partial charge < -0.3 is 15.2 Å². The molecule has 0 aromatic rings. The van der Waals surface area contributed by atoms with Gasteiger partial charge in [-0.2, -0.15) is 0 Å². The molecule has 1 rings (SSSR count). The Morgan fingerprint density at radius 1 is 1.40 bits per heavy atom. The zero-order chi connectivity index (χ0) is 11.1. The van der Waals surface area contributed by atoms with Gasteiger partial charge in [0.1, 0.15) is 0 Å². The summed E-state index contributed by atoms with van der Waals surface area (Å²) in [6.45, 7) is 6.33. The first-order valence-corrected chi connectivity index (χ1v) is 6.24. The van der Waals surface area contributed by atoms with Gasteiger partial charge in [-0.25, -0.2) is 0 Å². The molecule has 1 aliphatic heterocycles. The van der Waals surface area contributed by atoms with Crippen LogP contribution in [0.3, 0.4) is 0 Å². The number of ether oxygens (including phenoxy) is 1. The maximum Gasteiger partial charge on any atom is 0.0615 e. The minimum absolute atomic E-state index is 0.0753. The van der Waals surface area contributed by atoms with Crippen LogP contribution >= 0.6 is 0 Å². The van der Waals surface area contributed by atoms with Gasteiger partial charge in [0.2, 0.25) is 0 Å². The van der Waals surface area contributed by atoms with E-state index in [1.54, 1.807) is 0 Å². The van der Waals surface area contributed by atoms with Gasteiger partial charge in [-0.05, 0) is 32.2 Å². The average molecular weight is 215 g/mol. The summed E-state index contributed by atoms with van der Waals surface area (Å²) in [5.41, 5.74) is -0.0753. The number of aliphatic hydroxyl groups excluding tert-OH is 1. The van der Waals surface area contributed by atoms with Crippen molar-refractivity contribution in [3.63, 3.8) is 0 Å². The van der Waals surface area contributed by atoms with Crippen LogP contribution in [0, 0.1) is 0 Å². The standard InChI is InChI=1S/C12H25NO2/c1-3-5-11-9-12(10-14,6-8-15-11)13-7-4-2/h11,13-14H,3-10H2,1-2H3. The lowest BCUT2D eigenvalue weighted by Gasteiger charge is -2.40. The second kappa shape index (κ2) is 6.46. The molecule has 2 atom stereocenters. The van der Waals surface area contributed by atoms with E-state index in [1.165, 1.54) is 0 Å². The number of aliphatic hydroxyl groups is 1. The Kier molecular flexibility index (Phi) is 5.58. The Morgan fingerprint density at radius 3 is 2.80 bits per heavy atom. The highest BCUT2D eigenvalue weighted by Crippen LogP contribution is 2.26. The molecule has 1 fully saturated rings. The first-order chi connectivity index (χ1) is 7.26. The van der Waals surface area contributed by atoms with Gasteiger partial charge in [0, 0.05) is 12.1 Å². The second-order valence-electron chi connectivity index (χ2n) is 4.60. The lowest BCUT2D eigenvalue weighted by atomic mass is 9.86. The van der Waals surface area contributed by atoms with E-state index in [0.29, 0.717) is 6.10 Å². The molecule has 90 valence electrons. The highest BCUT2D eigenvalue weighted by atomic mass is 16.5. The molecule has 15 heavy (non-hydrogen) atoms.